The van der Waals surface area contributed by atoms with Crippen molar-refractivity contribution in [3.05, 3.63) is 41.2 Å². The highest BCUT2D eigenvalue weighted by atomic mass is 35.5. The lowest BCUT2D eigenvalue weighted by Crippen LogP contribution is -2.42. The van der Waals surface area contributed by atoms with Crippen molar-refractivity contribution in [3.8, 4) is 0 Å². The topological polar surface area (TPSA) is 68.5 Å². The van der Waals surface area contributed by atoms with Crippen molar-refractivity contribution in [1.82, 2.24) is 19.5 Å². The first-order valence-electron chi connectivity index (χ1n) is 13.8. The van der Waals surface area contributed by atoms with Gasteiger partial charge in [-0.15, -0.1) is 0 Å². The number of aromatic nitrogens is 4. The fraction of sp³-hybridized carbons (Fsp3) is 0.607. The summed E-state index contributed by atoms with van der Waals surface area (Å²) < 4.78 is 14.2. The first-order chi connectivity index (χ1) is 18.1. The molecule has 0 amide bonds. The van der Waals surface area contributed by atoms with Gasteiger partial charge in [0, 0.05) is 26.2 Å². The molecule has 2 saturated heterocycles. The number of hydrogen-bond acceptors (Lipinski definition) is 7. The number of ether oxygens (including phenoxy) is 2. The Morgan fingerprint density at radius 1 is 0.973 bits per heavy atom. The van der Waals surface area contributed by atoms with E-state index in [0.717, 1.165) is 49.4 Å². The minimum absolute atomic E-state index is 0.0900. The molecule has 3 fully saturated rings. The highest BCUT2D eigenvalue weighted by molar-refractivity contribution is 6.28. The molecule has 9 heteroatoms. The van der Waals surface area contributed by atoms with Crippen LogP contribution in [0.25, 0.3) is 11.2 Å². The van der Waals surface area contributed by atoms with E-state index in [1.165, 1.54) is 31.2 Å². The van der Waals surface area contributed by atoms with Gasteiger partial charge in [-0.05, 0) is 48.8 Å². The first kappa shape index (κ1) is 24.9. The Bertz CT molecular complexity index is 1210. The molecule has 8 nitrogen and oxygen atoms in total. The van der Waals surface area contributed by atoms with E-state index in [2.05, 4.69) is 63.5 Å². The van der Waals surface area contributed by atoms with Crippen LogP contribution in [0.2, 0.25) is 5.28 Å². The lowest BCUT2D eigenvalue weighted by molar-refractivity contribution is 0.0530. The monoisotopic (exact) mass is 524 g/mol. The van der Waals surface area contributed by atoms with Crippen molar-refractivity contribution in [2.75, 3.05) is 49.3 Å². The Morgan fingerprint density at radius 3 is 2.57 bits per heavy atom. The Hall–Kier alpha value is -2.42. The molecule has 198 valence electrons. The van der Waals surface area contributed by atoms with Crippen molar-refractivity contribution in [2.24, 2.45) is 11.8 Å². The number of fused-ring (bicyclic) bond motifs is 1. The van der Waals surface area contributed by atoms with Gasteiger partial charge in [0.1, 0.15) is 5.52 Å². The fourth-order valence-electron chi connectivity index (χ4n) is 6.17. The predicted molar refractivity (Wildman–Crippen MR) is 146 cm³/mol. The SMILES string of the molecule is CC1CCC(Cn2c(N3CCOC[C@H]3c3ccccc3)nc3nc(Cl)nc(N4CCOC(C)C4)c32)CC1. The van der Waals surface area contributed by atoms with E-state index in [-0.39, 0.29) is 17.4 Å². The Morgan fingerprint density at radius 2 is 1.78 bits per heavy atom. The zero-order valence-electron chi connectivity index (χ0n) is 21.9. The summed E-state index contributed by atoms with van der Waals surface area (Å²) in [6.45, 7) is 9.70. The van der Waals surface area contributed by atoms with E-state index in [1.54, 1.807) is 0 Å². The molecule has 2 atom stereocenters. The number of hydrogen-bond donors (Lipinski definition) is 0. The molecular formula is C28H37ClN6O2. The molecule has 1 unspecified atom stereocenters. The molecule has 2 aliphatic heterocycles. The second kappa shape index (κ2) is 10.8. The zero-order chi connectivity index (χ0) is 25.4. The second-order valence-electron chi connectivity index (χ2n) is 11.0. The molecule has 1 saturated carbocycles. The van der Waals surface area contributed by atoms with Gasteiger partial charge in [0.2, 0.25) is 11.2 Å². The van der Waals surface area contributed by atoms with Crippen molar-refractivity contribution in [1.29, 1.82) is 0 Å². The summed E-state index contributed by atoms with van der Waals surface area (Å²) in [7, 11) is 0. The second-order valence-corrected chi connectivity index (χ2v) is 11.3. The summed E-state index contributed by atoms with van der Waals surface area (Å²) in [5.41, 5.74) is 2.90. The third-order valence-electron chi connectivity index (χ3n) is 8.22. The minimum atomic E-state index is 0.0900. The van der Waals surface area contributed by atoms with E-state index < -0.39 is 0 Å². The van der Waals surface area contributed by atoms with Crippen LogP contribution in [0.15, 0.2) is 30.3 Å². The van der Waals surface area contributed by atoms with Gasteiger partial charge in [-0.25, -0.2) is 0 Å². The number of imidazole rings is 1. The molecule has 1 aliphatic carbocycles. The van der Waals surface area contributed by atoms with Crippen LogP contribution < -0.4 is 9.80 Å². The molecule has 3 aliphatic rings. The van der Waals surface area contributed by atoms with Crippen LogP contribution in [0.5, 0.6) is 0 Å². The van der Waals surface area contributed by atoms with Crippen LogP contribution in [0.3, 0.4) is 0 Å². The molecule has 1 aromatic carbocycles. The number of morpholine rings is 2. The van der Waals surface area contributed by atoms with E-state index >= 15 is 0 Å². The molecular weight excluding hydrogens is 488 g/mol. The van der Waals surface area contributed by atoms with E-state index in [4.69, 9.17) is 31.0 Å². The van der Waals surface area contributed by atoms with Crippen molar-refractivity contribution in [2.45, 2.75) is 58.2 Å². The Kier molecular flexibility index (Phi) is 7.23. The molecule has 4 heterocycles. The van der Waals surface area contributed by atoms with Crippen LogP contribution in [0.1, 0.15) is 51.1 Å². The van der Waals surface area contributed by atoms with Crippen molar-refractivity contribution >= 4 is 34.5 Å². The number of benzene rings is 1. The maximum absolute atomic E-state index is 6.50. The first-order valence-corrected chi connectivity index (χ1v) is 14.1. The lowest BCUT2D eigenvalue weighted by Gasteiger charge is -2.38. The van der Waals surface area contributed by atoms with Crippen LogP contribution in [-0.2, 0) is 16.0 Å². The number of halogens is 1. The molecule has 0 N–H and O–H groups in total. The summed E-state index contributed by atoms with van der Waals surface area (Å²) in [6, 6.07) is 10.7. The summed E-state index contributed by atoms with van der Waals surface area (Å²) in [5.74, 6) is 3.24. The molecule has 6 rings (SSSR count). The van der Waals surface area contributed by atoms with E-state index in [0.29, 0.717) is 31.4 Å². The highest BCUT2D eigenvalue weighted by Gasteiger charge is 2.33. The normalized spacial score (nSPS) is 27.1. The van der Waals surface area contributed by atoms with Gasteiger partial charge in [0.25, 0.3) is 0 Å². The van der Waals surface area contributed by atoms with Crippen LogP contribution >= 0.6 is 11.6 Å². The Labute approximate surface area is 223 Å². The third kappa shape index (κ3) is 5.16. The van der Waals surface area contributed by atoms with Crippen LogP contribution in [-0.4, -0.2) is 65.1 Å². The fourth-order valence-corrected chi connectivity index (χ4v) is 6.33. The van der Waals surface area contributed by atoms with Crippen LogP contribution in [0, 0.1) is 11.8 Å². The average Bonchev–Trinajstić information content (AvgIpc) is 3.27. The average molecular weight is 525 g/mol. The summed E-state index contributed by atoms with van der Waals surface area (Å²) in [4.78, 5) is 19.3. The smallest absolute Gasteiger partial charge is 0.226 e. The van der Waals surface area contributed by atoms with E-state index in [1.807, 2.05) is 0 Å². The maximum Gasteiger partial charge on any atom is 0.226 e. The highest BCUT2D eigenvalue weighted by Crippen LogP contribution is 2.38. The molecule has 0 radical (unpaired) electrons. The lowest BCUT2D eigenvalue weighted by atomic mass is 9.83. The van der Waals surface area contributed by atoms with Crippen LogP contribution in [0.4, 0.5) is 11.8 Å². The predicted octanol–water partition coefficient (Wildman–Crippen LogP) is 5.11. The zero-order valence-corrected chi connectivity index (χ0v) is 22.6. The summed E-state index contributed by atoms with van der Waals surface area (Å²) in [6.07, 6.45) is 5.18. The van der Waals surface area contributed by atoms with Gasteiger partial charge < -0.3 is 23.8 Å². The quantitative estimate of drug-likeness (QED) is 0.429. The molecule has 0 spiro atoms. The maximum atomic E-state index is 6.50. The Balaban J connectivity index is 1.48. The van der Waals surface area contributed by atoms with Crippen molar-refractivity contribution < 1.29 is 9.47 Å². The van der Waals surface area contributed by atoms with Gasteiger partial charge in [-0.2, -0.15) is 15.0 Å². The summed E-state index contributed by atoms with van der Waals surface area (Å²) in [5, 5.41) is 0.242. The van der Waals surface area contributed by atoms with Gasteiger partial charge in [-0.3, -0.25) is 0 Å². The van der Waals surface area contributed by atoms with Gasteiger partial charge in [0.05, 0.1) is 32.0 Å². The molecule has 0 bridgehead atoms. The van der Waals surface area contributed by atoms with Gasteiger partial charge >= 0.3 is 0 Å². The minimum Gasteiger partial charge on any atom is -0.377 e. The largest absolute Gasteiger partial charge is 0.377 e. The number of anilines is 2. The van der Waals surface area contributed by atoms with Gasteiger partial charge in [0.15, 0.2) is 11.5 Å². The summed E-state index contributed by atoms with van der Waals surface area (Å²) >= 11 is 6.50. The third-order valence-corrected chi connectivity index (χ3v) is 8.39. The number of rotatable bonds is 5. The molecule has 37 heavy (non-hydrogen) atoms. The van der Waals surface area contributed by atoms with E-state index in [9.17, 15) is 0 Å². The standard InChI is InChI=1S/C28H37ClN6O2/c1-19-8-10-21(11-9-19)17-35-24-25(30-27(29)32-26(24)33-12-15-37-20(2)16-33)31-28(35)34-13-14-36-18-23(34)22-6-4-3-5-7-22/h3-7,19-21,23H,8-18H2,1-2H3/t19?,20?,21?,23-/m0/s1. The molecule has 2 aromatic heterocycles. The molecule has 3 aromatic rings. The van der Waals surface area contributed by atoms with Gasteiger partial charge in [-0.1, -0.05) is 50.1 Å². The van der Waals surface area contributed by atoms with Crippen molar-refractivity contribution in [3.63, 3.8) is 0 Å². The number of nitrogens with zero attached hydrogens (tertiary/aromatic N) is 6.